The SMILES string of the molecule is CCCc1ccc(OCC(=O)Nc2ccc(C)c(Cl)c2)cc1. The summed E-state index contributed by atoms with van der Waals surface area (Å²) in [5, 5.41) is 3.39. The molecule has 2 rings (SSSR count). The molecule has 2 aromatic rings. The van der Waals surface area contributed by atoms with Crippen LogP contribution in [0.15, 0.2) is 42.5 Å². The molecule has 0 aliphatic carbocycles. The third-order valence-electron chi connectivity index (χ3n) is 3.29. The molecular weight excluding hydrogens is 298 g/mol. The standard InChI is InChI=1S/C18H20ClNO2/c1-3-4-14-6-9-16(10-7-14)22-12-18(21)20-15-8-5-13(2)17(19)11-15/h5-11H,3-4,12H2,1-2H3,(H,20,21). The van der Waals surface area contributed by atoms with E-state index in [0.717, 1.165) is 18.4 Å². The third-order valence-corrected chi connectivity index (χ3v) is 3.69. The summed E-state index contributed by atoms with van der Waals surface area (Å²) in [6.07, 6.45) is 2.16. The lowest BCUT2D eigenvalue weighted by Gasteiger charge is -2.09. The number of rotatable bonds is 6. The number of carbonyl (C=O) groups is 1. The van der Waals surface area contributed by atoms with Crippen molar-refractivity contribution in [1.29, 1.82) is 0 Å². The maximum absolute atomic E-state index is 11.9. The topological polar surface area (TPSA) is 38.3 Å². The monoisotopic (exact) mass is 317 g/mol. The van der Waals surface area contributed by atoms with Gasteiger partial charge in [0.25, 0.3) is 5.91 Å². The average molecular weight is 318 g/mol. The Hall–Kier alpha value is -2.00. The first kappa shape index (κ1) is 16.4. The predicted molar refractivity (Wildman–Crippen MR) is 90.8 cm³/mol. The Morgan fingerprint density at radius 2 is 1.91 bits per heavy atom. The molecule has 0 radical (unpaired) electrons. The third kappa shape index (κ3) is 4.78. The summed E-state index contributed by atoms with van der Waals surface area (Å²) in [6.45, 7) is 4.03. The number of halogens is 1. The van der Waals surface area contributed by atoms with Crippen LogP contribution in [0.1, 0.15) is 24.5 Å². The Morgan fingerprint density at radius 3 is 2.55 bits per heavy atom. The van der Waals surface area contributed by atoms with Crippen LogP contribution in [0.25, 0.3) is 0 Å². The van der Waals surface area contributed by atoms with Crippen molar-refractivity contribution in [3.63, 3.8) is 0 Å². The van der Waals surface area contributed by atoms with E-state index < -0.39 is 0 Å². The van der Waals surface area contributed by atoms with Crippen molar-refractivity contribution in [2.24, 2.45) is 0 Å². The van der Waals surface area contributed by atoms with E-state index in [4.69, 9.17) is 16.3 Å². The molecule has 0 heterocycles. The molecule has 0 fully saturated rings. The Labute approximate surface area is 136 Å². The van der Waals surface area contributed by atoms with Crippen molar-refractivity contribution in [3.8, 4) is 5.75 Å². The van der Waals surface area contributed by atoms with Gasteiger partial charge in [-0.2, -0.15) is 0 Å². The quantitative estimate of drug-likeness (QED) is 0.844. The summed E-state index contributed by atoms with van der Waals surface area (Å²) < 4.78 is 5.48. The molecule has 0 atom stereocenters. The molecule has 0 saturated heterocycles. The Kier molecular flexibility index (Phi) is 5.84. The van der Waals surface area contributed by atoms with Crippen LogP contribution >= 0.6 is 11.6 Å². The fourth-order valence-corrected chi connectivity index (χ4v) is 2.24. The van der Waals surface area contributed by atoms with Gasteiger partial charge in [0, 0.05) is 10.7 Å². The summed E-state index contributed by atoms with van der Waals surface area (Å²) in [5.41, 5.74) is 2.92. The first-order valence-electron chi connectivity index (χ1n) is 7.36. The molecule has 3 nitrogen and oxygen atoms in total. The number of carbonyl (C=O) groups excluding carboxylic acids is 1. The highest BCUT2D eigenvalue weighted by atomic mass is 35.5. The van der Waals surface area contributed by atoms with Crippen LogP contribution in [0.4, 0.5) is 5.69 Å². The zero-order valence-electron chi connectivity index (χ0n) is 12.9. The Bertz CT molecular complexity index is 638. The number of benzene rings is 2. The number of amides is 1. The number of nitrogens with one attached hydrogen (secondary N) is 1. The van der Waals surface area contributed by atoms with E-state index in [-0.39, 0.29) is 12.5 Å². The molecule has 2 aromatic carbocycles. The zero-order valence-corrected chi connectivity index (χ0v) is 13.6. The van der Waals surface area contributed by atoms with Gasteiger partial charge in [0.2, 0.25) is 0 Å². The molecule has 0 unspecified atom stereocenters. The number of hydrogen-bond donors (Lipinski definition) is 1. The van der Waals surface area contributed by atoms with Crippen LogP contribution in [0, 0.1) is 6.92 Å². The molecule has 0 aromatic heterocycles. The van der Waals surface area contributed by atoms with Gasteiger partial charge in [-0.1, -0.05) is 43.1 Å². The van der Waals surface area contributed by atoms with Gasteiger partial charge in [-0.25, -0.2) is 0 Å². The van der Waals surface area contributed by atoms with Crippen molar-refractivity contribution < 1.29 is 9.53 Å². The molecule has 22 heavy (non-hydrogen) atoms. The summed E-state index contributed by atoms with van der Waals surface area (Å²) >= 11 is 6.03. The fraction of sp³-hybridized carbons (Fsp3) is 0.278. The number of anilines is 1. The highest BCUT2D eigenvalue weighted by Gasteiger charge is 2.05. The van der Waals surface area contributed by atoms with Crippen molar-refractivity contribution in [1.82, 2.24) is 0 Å². The van der Waals surface area contributed by atoms with Crippen LogP contribution < -0.4 is 10.1 Å². The molecule has 0 bridgehead atoms. The summed E-state index contributed by atoms with van der Waals surface area (Å²) in [6, 6.07) is 13.2. The highest BCUT2D eigenvalue weighted by molar-refractivity contribution is 6.31. The minimum absolute atomic E-state index is 0.0291. The van der Waals surface area contributed by atoms with Crippen LogP contribution in [-0.4, -0.2) is 12.5 Å². The lowest BCUT2D eigenvalue weighted by molar-refractivity contribution is -0.118. The Balaban J connectivity index is 1.85. The normalized spacial score (nSPS) is 10.3. The second-order valence-corrected chi connectivity index (χ2v) is 5.60. The van der Waals surface area contributed by atoms with Gasteiger partial charge in [-0.05, 0) is 48.7 Å². The van der Waals surface area contributed by atoms with E-state index in [1.807, 2.05) is 43.3 Å². The van der Waals surface area contributed by atoms with Crippen LogP contribution in [0.3, 0.4) is 0 Å². The lowest BCUT2D eigenvalue weighted by atomic mass is 10.1. The maximum atomic E-state index is 11.9. The average Bonchev–Trinajstić information content (AvgIpc) is 2.51. The lowest BCUT2D eigenvalue weighted by Crippen LogP contribution is -2.20. The van der Waals surface area contributed by atoms with Gasteiger partial charge >= 0.3 is 0 Å². The summed E-state index contributed by atoms with van der Waals surface area (Å²) in [4.78, 5) is 11.9. The van der Waals surface area contributed by atoms with Crippen molar-refractivity contribution in [3.05, 3.63) is 58.6 Å². The summed E-state index contributed by atoms with van der Waals surface area (Å²) in [5.74, 6) is 0.481. The molecule has 116 valence electrons. The molecule has 0 aliphatic heterocycles. The second kappa shape index (κ2) is 7.85. The molecule has 4 heteroatoms. The van der Waals surface area contributed by atoms with E-state index in [9.17, 15) is 4.79 Å². The fourth-order valence-electron chi connectivity index (χ4n) is 2.06. The molecule has 0 aliphatic rings. The molecular formula is C18H20ClNO2. The second-order valence-electron chi connectivity index (χ2n) is 5.19. The van der Waals surface area contributed by atoms with Crippen LogP contribution in [-0.2, 0) is 11.2 Å². The number of hydrogen-bond acceptors (Lipinski definition) is 2. The van der Waals surface area contributed by atoms with Gasteiger partial charge in [-0.3, -0.25) is 4.79 Å². The maximum Gasteiger partial charge on any atom is 0.262 e. The van der Waals surface area contributed by atoms with E-state index in [1.165, 1.54) is 5.56 Å². The van der Waals surface area contributed by atoms with Gasteiger partial charge in [0.05, 0.1) is 0 Å². The van der Waals surface area contributed by atoms with Crippen molar-refractivity contribution in [2.45, 2.75) is 26.7 Å². The van der Waals surface area contributed by atoms with E-state index in [1.54, 1.807) is 6.07 Å². The molecule has 0 saturated carbocycles. The van der Waals surface area contributed by atoms with Gasteiger partial charge in [-0.15, -0.1) is 0 Å². The van der Waals surface area contributed by atoms with Gasteiger partial charge < -0.3 is 10.1 Å². The largest absolute Gasteiger partial charge is 0.484 e. The van der Waals surface area contributed by atoms with Gasteiger partial charge in [0.15, 0.2) is 6.61 Å². The minimum Gasteiger partial charge on any atom is -0.484 e. The number of ether oxygens (including phenoxy) is 1. The van der Waals surface area contributed by atoms with E-state index in [2.05, 4.69) is 12.2 Å². The predicted octanol–water partition coefficient (Wildman–Crippen LogP) is 4.62. The van der Waals surface area contributed by atoms with Crippen LogP contribution in [0.5, 0.6) is 5.75 Å². The minimum atomic E-state index is -0.211. The molecule has 1 N–H and O–H groups in total. The Morgan fingerprint density at radius 1 is 1.18 bits per heavy atom. The molecule has 1 amide bonds. The first-order chi connectivity index (χ1) is 10.6. The highest BCUT2D eigenvalue weighted by Crippen LogP contribution is 2.20. The number of aryl methyl sites for hydroxylation is 2. The van der Waals surface area contributed by atoms with E-state index >= 15 is 0 Å². The molecule has 0 spiro atoms. The smallest absolute Gasteiger partial charge is 0.262 e. The first-order valence-corrected chi connectivity index (χ1v) is 7.74. The van der Waals surface area contributed by atoms with Gasteiger partial charge in [0.1, 0.15) is 5.75 Å². The van der Waals surface area contributed by atoms with Crippen molar-refractivity contribution >= 4 is 23.2 Å². The summed E-state index contributed by atoms with van der Waals surface area (Å²) in [7, 11) is 0. The van der Waals surface area contributed by atoms with Crippen LogP contribution in [0.2, 0.25) is 5.02 Å². The zero-order chi connectivity index (χ0) is 15.9. The van der Waals surface area contributed by atoms with Crippen molar-refractivity contribution in [2.75, 3.05) is 11.9 Å². The van der Waals surface area contributed by atoms with E-state index in [0.29, 0.717) is 16.5 Å².